The molecule has 0 fully saturated rings. The molecule has 0 aliphatic heterocycles. The molecule has 2 aromatic carbocycles. The predicted molar refractivity (Wildman–Crippen MR) is 81.5 cm³/mol. The molecule has 0 aliphatic rings. The van der Waals surface area contributed by atoms with E-state index in [2.05, 4.69) is 52.7 Å². The fourth-order valence-electron chi connectivity index (χ4n) is 2.99. The highest BCUT2D eigenvalue weighted by molar-refractivity contribution is 6.12. The summed E-state index contributed by atoms with van der Waals surface area (Å²) in [5.41, 5.74) is 3.38. The van der Waals surface area contributed by atoms with Crippen LogP contribution in [0.15, 0.2) is 48.8 Å². The van der Waals surface area contributed by atoms with E-state index in [0.717, 1.165) is 16.8 Å². The van der Waals surface area contributed by atoms with E-state index in [4.69, 9.17) is 4.74 Å². The first-order valence-electron chi connectivity index (χ1n) is 6.61. The van der Waals surface area contributed by atoms with Gasteiger partial charge in [-0.2, -0.15) is 0 Å². The van der Waals surface area contributed by atoms with Gasteiger partial charge >= 0.3 is 0 Å². The maximum Gasteiger partial charge on any atom is 0.145 e. The minimum absolute atomic E-state index is 0.889. The Bertz CT molecular complexity index is 953. The Hall–Kier alpha value is -2.55. The molecule has 20 heavy (non-hydrogen) atoms. The molecule has 0 amide bonds. The highest BCUT2D eigenvalue weighted by Crippen LogP contribution is 2.33. The van der Waals surface area contributed by atoms with E-state index >= 15 is 0 Å². The SMILES string of the molecule is COc1cc(C)c2c(c1)c1ccccc1c1nccn12. The Morgan fingerprint density at radius 1 is 1.05 bits per heavy atom. The standard InChI is InChI=1S/C17H14N2O/c1-11-9-12(20-2)10-15-13-5-3-4-6-14(13)17-18-7-8-19(17)16(11)15/h3-10H,1-2H3. The Morgan fingerprint density at radius 3 is 2.65 bits per heavy atom. The smallest absolute Gasteiger partial charge is 0.145 e. The largest absolute Gasteiger partial charge is 0.497 e. The fourth-order valence-corrected chi connectivity index (χ4v) is 2.99. The number of aryl methyl sites for hydroxylation is 1. The van der Waals surface area contributed by atoms with Gasteiger partial charge in [0.2, 0.25) is 0 Å². The Balaban J connectivity index is 2.38. The molecule has 4 rings (SSSR count). The zero-order chi connectivity index (χ0) is 13.7. The Labute approximate surface area is 116 Å². The summed E-state index contributed by atoms with van der Waals surface area (Å²) in [6.07, 6.45) is 3.87. The van der Waals surface area contributed by atoms with E-state index in [1.54, 1.807) is 7.11 Å². The van der Waals surface area contributed by atoms with Crippen LogP contribution in [0, 0.1) is 6.92 Å². The molecule has 0 atom stereocenters. The number of hydrogen-bond donors (Lipinski definition) is 0. The van der Waals surface area contributed by atoms with Crippen LogP contribution in [0.5, 0.6) is 5.75 Å². The molecule has 2 aromatic heterocycles. The molecule has 0 saturated heterocycles. The first-order valence-corrected chi connectivity index (χ1v) is 6.61. The van der Waals surface area contributed by atoms with Gasteiger partial charge in [0.15, 0.2) is 0 Å². The van der Waals surface area contributed by atoms with Crippen molar-refractivity contribution < 1.29 is 4.74 Å². The number of aromatic nitrogens is 2. The fraction of sp³-hybridized carbons (Fsp3) is 0.118. The van der Waals surface area contributed by atoms with Crippen molar-refractivity contribution in [2.75, 3.05) is 7.11 Å². The normalized spacial score (nSPS) is 11.5. The van der Waals surface area contributed by atoms with Gasteiger partial charge in [-0.25, -0.2) is 4.98 Å². The number of methoxy groups -OCH3 is 1. The lowest BCUT2D eigenvalue weighted by Crippen LogP contribution is -1.94. The van der Waals surface area contributed by atoms with Crippen LogP contribution < -0.4 is 4.74 Å². The van der Waals surface area contributed by atoms with Gasteiger partial charge in [-0.1, -0.05) is 24.3 Å². The van der Waals surface area contributed by atoms with Gasteiger partial charge in [-0.3, -0.25) is 4.40 Å². The Morgan fingerprint density at radius 2 is 1.85 bits per heavy atom. The minimum atomic E-state index is 0.889. The van der Waals surface area contributed by atoms with E-state index in [1.807, 2.05) is 12.4 Å². The number of nitrogens with zero attached hydrogens (tertiary/aromatic N) is 2. The first-order chi connectivity index (χ1) is 9.79. The van der Waals surface area contributed by atoms with E-state index in [9.17, 15) is 0 Å². The van der Waals surface area contributed by atoms with Crippen LogP contribution in [0.25, 0.3) is 27.3 Å². The number of hydrogen-bond acceptors (Lipinski definition) is 2. The monoisotopic (exact) mass is 262 g/mol. The third kappa shape index (κ3) is 1.37. The van der Waals surface area contributed by atoms with Gasteiger partial charge in [0.1, 0.15) is 11.4 Å². The predicted octanol–water partition coefficient (Wildman–Crippen LogP) is 3.96. The second-order valence-electron chi connectivity index (χ2n) is 5.01. The van der Waals surface area contributed by atoms with Gasteiger partial charge in [0, 0.05) is 23.2 Å². The second kappa shape index (κ2) is 3.97. The number of pyridine rings is 1. The van der Waals surface area contributed by atoms with E-state index in [1.165, 1.54) is 21.9 Å². The highest BCUT2D eigenvalue weighted by Gasteiger charge is 2.11. The van der Waals surface area contributed by atoms with Crippen molar-refractivity contribution in [3.05, 3.63) is 54.4 Å². The molecule has 0 saturated carbocycles. The van der Waals surface area contributed by atoms with Crippen molar-refractivity contribution >= 4 is 27.3 Å². The number of imidazole rings is 1. The quantitative estimate of drug-likeness (QED) is 0.485. The van der Waals surface area contributed by atoms with Crippen molar-refractivity contribution in [3.8, 4) is 5.75 Å². The lowest BCUT2D eigenvalue weighted by molar-refractivity contribution is 0.415. The maximum absolute atomic E-state index is 5.42. The molecular formula is C17H14N2O. The molecule has 0 bridgehead atoms. The Kier molecular flexibility index (Phi) is 2.24. The molecule has 98 valence electrons. The van der Waals surface area contributed by atoms with Crippen LogP contribution in [0.1, 0.15) is 5.56 Å². The second-order valence-corrected chi connectivity index (χ2v) is 5.01. The van der Waals surface area contributed by atoms with Crippen LogP contribution in [0.4, 0.5) is 0 Å². The van der Waals surface area contributed by atoms with Crippen molar-refractivity contribution in [1.29, 1.82) is 0 Å². The van der Waals surface area contributed by atoms with Gasteiger partial charge in [0.05, 0.1) is 12.6 Å². The van der Waals surface area contributed by atoms with E-state index < -0.39 is 0 Å². The van der Waals surface area contributed by atoms with Gasteiger partial charge in [-0.05, 0) is 30.0 Å². The van der Waals surface area contributed by atoms with Gasteiger partial charge in [-0.15, -0.1) is 0 Å². The number of fused-ring (bicyclic) bond motifs is 6. The summed E-state index contributed by atoms with van der Waals surface area (Å²) in [5.74, 6) is 0.889. The minimum Gasteiger partial charge on any atom is -0.497 e. The van der Waals surface area contributed by atoms with Crippen molar-refractivity contribution in [3.63, 3.8) is 0 Å². The molecule has 3 heteroatoms. The summed E-state index contributed by atoms with van der Waals surface area (Å²) < 4.78 is 7.58. The molecule has 0 spiro atoms. The lowest BCUT2D eigenvalue weighted by atomic mass is 10.0. The number of rotatable bonds is 1. The van der Waals surface area contributed by atoms with Crippen molar-refractivity contribution in [1.82, 2.24) is 9.38 Å². The average molecular weight is 262 g/mol. The molecule has 0 unspecified atom stereocenters. The third-order valence-electron chi connectivity index (χ3n) is 3.85. The topological polar surface area (TPSA) is 26.5 Å². The number of ether oxygens (including phenoxy) is 1. The highest BCUT2D eigenvalue weighted by atomic mass is 16.5. The summed E-state index contributed by atoms with van der Waals surface area (Å²) in [6, 6.07) is 12.5. The van der Waals surface area contributed by atoms with Crippen LogP contribution in [-0.4, -0.2) is 16.5 Å². The molecule has 0 N–H and O–H groups in total. The summed E-state index contributed by atoms with van der Waals surface area (Å²) >= 11 is 0. The lowest BCUT2D eigenvalue weighted by Gasteiger charge is -2.12. The molecule has 0 radical (unpaired) electrons. The summed E-state index contributed by atoms with van der Waals surface area (Å²) in [4.78, 5) is 4.51. The molecule has 0 aliphatic carbocycles. The average Bonchev–Trinajstić information content (AvgIpc) is 2.96. The molecule has 4 aromatic rings. The summed E-state index contributed by atoms with van der Waals surface area (Å²) in [5, 5.41) is 3.57. The summed E-state index contributed by atoms with van der Waals surface area (Å²) in [6.45, 7) is 2.11. The zero-order valence-corrected chi connectivity index (χ0v) is 11.4. The maximum atomic E-state index is 5.42. The van der Waals surface area contributed by atoms with Gasteiger partial charge in [0.25, 0.3) is 0 Å². The zero-order valence-electron chi connectivity index (χ0n) is 11.4. The third-order valence-corrected chi connectivity index (χ3v) is 3.85. The number of benzene rings is 2. The summed E-state index contributed by atoms with van der Waals surface area (Å²) in [7, 11) is 1.71. The van der Waals surface area contributed by atoms with Crippen LogP contribution in [-0.2, 0) is 0 Å². The van der Waals surface area contributed by atoms with E-state index in [0.29, 0.717) is 0 Å². The molecule has 3 nitrogen and oxygen atoms in total. The van der Waals surface area contributed by atoms with Crippen LogP contribution in [0.2, 0.25) is 0 Å². The van der Waals surface area contributed by atoms with Crippen LogP contribution >= 0.6 is 0 Å². The van der Waals surface area contributed by atoms with Crippen molar-refractivity contribution in [2.24, 2.45) is 0 Å². The van der Waals surface area contributed by atoms with Crippen LogP contribution in [0.3, 0.4) is 0 Å². The molecule has 2 heterocycles. The molecular weight excluding hydrogens is 248 g/mol. The first kappa shape index (κ1) is 11.3. The van der Waals surface area contributed by atoms with Gasteiger partial charge < -0.3 is 4.74 Å². The van der Waals surface area contributed by atoms with Crippen molar-refractivity contribution in [2.45, 2.75) is 6.92 Å². The van der Waals surface area contributed by atoms with E-state index in [-0.39, 0.29) is 0 Å².